The predicted octanol–water partition coefficient (Wildman–Crippen LogP) is 0.109. The van der Waals surface area contributed by atoms with Gasteiger partial charge in [0, 0.05) is 18.9 Å². The molecule has 1 unspecified atom stereocenters. The van der Waals surface area contributed by atoms with Crippen LogP contribution in [0.5, 0.6) is 0 Å². The van der Waals surface area contributed by atoms with Crippen molar-refractivity contribution in [2.45, 2.75) is 25.3 Å². The molecule has 6 nitrogen and oxygen atoms in total. The van der Waals surface area contributed by atoms with E-state index in [9.17, 15) is 9.59 Å². The third-order valence-corrected chi connectivity index (χ3v) is 2.57. The van der Waals surface area contributed by atoms with E-state index in [1.807, 2.05) is 0 Å². The average molecular weight is 222 g/mol. The zero-order valence-electron chi connectivity index (χ0n) is 8.85. The molecule has 0 aromatic carbocycles. The molecule has 0 aliphatic carbocycles. The highest BCUT2D eigenvalue weighted by molar-refractivity contribution is 5.87. The van der Waals surface area contributed by atoms with Gasteiger partial charge in [-0.2, -0.15) is 0 Å². The van der Waals surface area contributed by atoms with Gasteiger partial charge in [-0.1, -0.05) is 0 Å². The van der Waals surface area contributed by atoms with Crippen molar-refractivity contribution in [3.05, 3.63) is 18.7 Å². The number of nitrogens with zero attached hydrogens (tertiary/aromatic N) is 2. The number of imidazole rings is 1. The van der Waals surface area contributed by atoms with Crippen LogP contribution in [0, 0.1) is 0 Å². The van der Waals surface area contributed by atoms with Crippen LogP contribution in [0.2, 0.25) is 0 Å². The number of aromatic nitrogens is 2. The lowest BCUT2D eigenvalue weighted by Crippen LogP contribution is -2.46. The number of rotatable bonds is 1. The first-order valence-corrected chi connectivity index (χ1v) is 5.34. The molecule has 0 spiro atoms. The summed E-state index contributed by atoms with van der Waals surface area (Å²) in [6.45, 7) is 0.691. The van der Waals surface area contributed by atoms with Crippen LogP contribution in [0.15, 0.2) is 18.7 Å². The molecule has 86 valence electrons. The first-order chi connectivity index (χ1) is 7.77. The molecule has 2 heterocycles. The lowest BCUT2D eigenvalue weighted by molar-refractivity contribution is -0.122. The maximum atomic E-state index is 11.7. The summed E-state index contributed by atoms with van der Waals surface area (Å²) in [6, 6.07) is -0.753. The highest BCUT2D eigenvalue weighted by Gasteiger charge is 2.22. The fraction of sp³-hybridized carbons (Fsp3) is 0.500. The van der Waals surface area contributed by atoms with Crippen molar-refractivity contribution in [1.29, 1.82) is 0 Å². The summed E-state index contributed by atoms with van der Waals surface area (Å²) in [5.74, 6) is -0.106. The van der Waals surface area contributed by atoms with E-state index in [1.54, 1.807) is 6.20 Å². The van der Waals surface area contributed by atoms with Crippen LogP contribution >= 0.6 is 0 Å². The number of amides is 2. The Labute approximate surface area is 93.0 Å². The summed E-state index contributed by atoms with van der Waals surface area (Å²) in [7, 11) is 0. The normalized spacial score (nSPS) is 21.0. The van der Waals surface area contributed by atoms with Gasteiger partial charge in [0.25, 0.3) is 0 Å². The van der Waals surface area contributed by atoms with Crippen molar-refractivity contribution >= 4 is 11.9 Å². The molecular weight excluding hydrogens is 208 g/mol. The third kappa shape index (κ3) is 2.39. The molecule has 1 atom stereocenters. The Morgan fingerprint density at radius 3 is 3.19 bits per heavy atom. The average Bonchev–Trinajstić information content (AvgIpc) is 2.73. The maximum Gasteiger partial charge on any atom is 0.327 e. The number of nitrogens with one attached hydrogen (secondary N) is 2. The van der Waals surface area contributed by atoms with Crippen LogP contribution in [0.3, 0.4) is 0 Å². The van der Waals surface area contributed by atoms with Gasteiger partial charge in [-0.25, -0.2) is 9.78 Å². The van der Waals surface area contributed by atoms with Gasteiger partial charge in [-0.15, -0.1) is 0 Å². The molecule has 1 fully saturated rings. The second-order valence-electron chi connectivity index (χ2n) is 3.76. The smallest absolute Gasteiger partial charge is 0.327 e. The van der Waals surface area contributed by atoms with Crippen molar-refractivity contribution in [2.75, 3.05) is 6.54 Å². The van der Waals surface area contributed by atoms with Crippen molar-refractivity contribution in [1.82, 2.24) is 20.2 Å². The van der Waals surface area contributed by atoms with Gasteiger partial charge in [0.15, 0.2) is 0 Å². The van der Waals surface area contributed by atoms with Crippen molar-refractivity contribution in [3.8, 4) is 0 Å². The first kappa shape index (κ1) is 10.7. The van der Waals surface area contributed by atoms with Gasteiger partial charge in [-0.3, -0.25) is 9.36 Å². The Kier molecular flexibility index (Phi) is 3.19. The zero-order valence-corrected chi connectivity index (χ0v) is 8.85. The van der Waals surface area contributed by atoms with E-state index >= 15 is 0 Å². The van der Waals surface area contributed by atoms with Crippen molar-refractivity contribution in [2.24, 2.45) is 0 Å². The molecule has 1 aliphatic rings. The molecule has 0 saturated carbocycles. The second kappa shape index (κ2) is 4.78. The minimum Gasteiger partial charge on any atom is -0.354 e. The molecule has 2 amide bonds. The van der Waals surface area contributed by atoms with E-state index in [1.165, 1.54) is 17.1 Å². The Balaban J connectivity index is 1.97. The Bertz CT molecular complexity index is 374. The second-order valence-corrected chi connectivity index (χ2v) is 3.76. The van der Waals surface area contributed by atoms with Crippen LogP contribution in [-0.2, 0) is 4.79 Å². The number of hydrogen-bond acceptors (Lipinski definition) is 3. The van der Waals surface area contributed by atoms with E-state index in [-0.39, 0.29) is 11.9 Å². The van der Waals surface area contributed by atoms with Gasteiger partial charge in [0.05, 0.1) is 0 Å². The molecule has 0 bridgehead atoms. The van der Waals surface area contributed by atoms with E-state index in [2.05, 4.69) is 15.6 Å². The molecule has 2 rings (SSSR count). The quantitative estimate of drug-likeness (QED) is 0.708. The summed E-state index contributed by atoms with van der Waals surface area (Å²) in [5.41, 5.74) is 0. The fourth-order valence-electron chi connectivity index (χ4n) is 1.68. The lowest BCUT2D eigenvalue weighted by atomic mass is 10.1. The van der Waals surface area contributed by atoms with E-state index in [4.69, 9.17) is 0 Å². The number of carbonyl (C=O) groups excluding carboxylic acids is 2. The molecule has 1 aliphatic heterocycles. The van der Waals surface area contributed by atoms with Gasteiger partial charge in [0.2, 0.25) is 5.91 Å². The fourth-order valence-corrected chi connectivity index (χ4v) is 1.68. The highest BCUT2D eigenvalue weighted by Crippen LogP contribution is 2.05. The summed E-state index contributed by atoms with van der Waals surface area (Å²) < 4.78 is 1.32. The molecular formula is C10H14N4O2. The third-order valence-electron chi connectivity index (χ3n) is 2.57. The monoisotopic (exact) mass is 222 g/mol. The van der Waals surface area contributed by atoms with Crippen LogP contribution in [0.25, 0.3) is 0 Å². The van der Waals surface area contributed by atoms with Crippen LogP contribution in [0.1, 0.15) is 19.3 Å². The zero-order chi connectivity index (χ0) is 11.4. The van der Waals surface area contributed by atoms with Gasteiger partial charge in [-0.05, 0) is 19.3 Å². The number of carbonyl (C=O) groups is 2. The predicted molar refractivity (Wildman–Crippen MR) is 56.8 cm³/mol. The van der Waals surface area contributed by atoms with E-state index in [0.29, 0.717) is 13.0 Å². The van der Waals surface area contributed by atoms with Crippen molar-refractivity contribution < 1.29 is 9.59 Å². The Morgan fingerprint density at radius 2 is 2.44 bits per heavy atom. The van der Waals surface area contributed by atoms with Gasteiger partial charge >= 0.3 is 6.03 Å². The minimum atomic E-state index is -0.433. The highest BCUT2D eigenvalue weighted by atomic mass is 16.2. The topological polar surface area (TPSA) is 76.0 Å². The number of hydrogen-bond donors (Lipinski definition) is 2. The summed E-state index contributed by atoms with van der Waals surface area (Å²) in [4.78, 5) is 27.0. The summed E-state index contributed by atoms with van der Waals surface area (Å²) in [6.07, 6.45) is 7.06. The first-order valence-electron chi connectivity index (χ1n) is 5.34. The molecule has 16 heavy (non-hydrogen) atoms. The van der Waals surface area contributed by atoms with Crippen LogP contribution in [0.4, 0.5) is 4.79 Å². The molecule has 2 N–H and O–H groups in total. The summed E-state index contributed by atoms with van der Waals surface area (Å²) >= 11 is 0. The molecule has 0 radical (unpaired) electrons. The summed E-state index contributed by atoms with van der Waals surface area (Å²) in [5, 5.41) is 5.45. The lowest BCUT2D eigenvalue weighted by Gasteiger charge is -2.14. The molecule has 1 aromatic heterocycles. The Hall–Kier alpha value is -1.85. The molecule has 1 aromatic rings. The van der Waals surface area contributed by atoms with E-state index < -0.39 is 6.04 Å². The molecule has 1 saturated heterocycles. The van der Waals surface area contributed by atoms with Gasteiger partial charge in [0.1, 0.15) is 12.4 Å². The Morgan fingerprint density at radius 1 is 1.56 bits per heavy atom. The van der Waals surface area contributed by atoms with E-state index in [0.717, 1.165) is 12.8 Å². The largest absolute Gasteiger partial charge is 0.354 e. The standard InChI is InChI=1S/C10H14N4O2/c15-9-8(3-1-2-4-12-9)13-10(16)14-6-5-11-7-14/h5-8H,1-4H2,(H,12,15)(H,13,16). The van der Waals surface area contributed by atoms with Crippen molar-refractivity contribution in [3.63, 3.8) is 0 Å². The SMILES string of the molecule is O=C1NCCCCC1NC(=O)n1ccnc1. The maximum absolute atomic E-state index is 11.7. The minimum absolute atomic E-state index is 0.106. The molecule has 6 heteroatoms. The van der Waals surface area contributed by atoms with Crippen LogP contribution in [-0.4, -0.2) is 34.1 Å². The van der Waals surface area contributed by atoms with Gasteiger partial charge < -0.3 is 10.6 Å². The van der Waals surface area contributed by atoms with Crippen LogP contribution < -0.4 is 10.6 Å².